The number of anilines is 1. The Kier molecular flexibility index (Phi) is 8.36. The maximum atomic E-state index is 12.5. The van der Waals surface area contributed by atoms with E-state index in [-0.39, 0.29) is 11.8 Å². The van der Waals surface area contributed by atoms with Gasteiger partial charge in [-0.3, -0.25) is 9.59 Å². The first-order valence-electron chi connectivity index (χ1n) is 9.51. The Labute approximate surface area is 161 Å². The molecule has 0 spiro atoms. The summed E-state index contributed by atoms with van der Waals surface area (Å²) in [5.74, 6) is 0.249. The number of para-hydroxylation sites is 1. The number of benzene rings is 2. The molecule has 0 atom stereocenters. The number of nitrogens with one attached hydrogen (secondary N) is 2. The van der Waals surface area contributed by atoms with Crippen LogP contribution >= 0.6 is 0 Å². The van der Waals surface area contributed by atoms with E-state index >= 15 is 0 Å². The zero-order valence-corrected chi connectivity index (χ0v) is 16.1. The third kappa shape index (κ3) is 6.44. The third-order valence-electron chi connectivity index (χ3n) is 4.28. The monoisotopic (exact) mass is 368 g/mol. The fourth-order valence-electron chi connectivity index (χ4n) is 2.72. The number of carbonyl (C=O) groups excluding carboxylic acids is 2. The number of unbranched alkanes of at least 4 members (excludes halogenated alkanes) is 4. The highest BCUT2D eigenvalue weighted by Crippen LogP contribution is 2.18. The van der Waals surface area contributed by atoms with Crippen LogP contribution < -0.4 is 15.4 Å². The second kappa shape index (κ2) is 11.0. The molecule has 144 valence electrons. The van der Waals surface area contributed by atoms with E-state index in [0.717, 1.165) is 12.2 Å². The molecule has 2 amide bonds. The van der Waals surface area contributed by atoms with Crippen LogP contribution in [0.2, 0.25) is 0 Å². The van der Waals surface area contributed by atoms with Crippen LogP contribution in [-0.4, -0.2) is 25.5 Å². The summed E-state index contributed by atoms with van der Waals surface area (Å²) >= 11 is 0. The number of rotatable bonds is 10. The molecule has 0 aliphatic rings. The highest BCUT2D eigenvalue weighted by Gasteiger charge is 2.13. The summed E-state index contributed by atoms with van der Waals surface area (Å²) in [4.78, 5) is 24.4. The summed E-state index contributed by atoms with van der Waals surface area (Å²) in [5.41, 5.74) is 1.42. The van der Waals surface area contributed by atoms with Gasteiger partial charge in [0, 0.05) is 12.6 Å². The molecule has 0 aliphatic heterocycles. The molecule has 2 rings (SSSR count). The van der Waals surface area contributed by atoms with Crippen molar-refractivity contribution in [2.24, 2.45) is 0 Å². The molecule has 0 aromatic heterocycles. The van der Waals surface area contributed by atoms with Crippen molar-refractivity contribution in [3.8, 4) is 5.75 Å². The Hall–Kier alpha value is -2.82. The molecule has 0 aliphatic carbocycles. The lowest BCUT2D eigenvalue weighted by Gasteiger charge is -2.11. The largest absolute Gasteiger partial charge is 0.494 e. The van der Waals surface area contributed by atoms with Gasteiger partial charge >= 0.3 is 0 Å². The molecule has 5 heteroatoms. The summed E-state index contributed by atoms with van der Waals surface area (Å²) in [5, 5.41) is 5.36. The molecular weight excluding hydrogens is 340 g/mol. The van der Waals surface area contributed by atoms with Crippen LogP contribution in [0.5, 0.6) is 5.75 Å². The minimum absolute atomic E-state index is 0.242. The minimum atomic E-state index is -0.266. The van der Waals surface area contributed by atoms with E-state index in [9.17, 15) is 9.59 Å². The summed E-state index contributed by atoms with van der Waals surface area (Å²) in [6, 6.07) is 14.0. The van der Waals surface area contributed by atoms with E-state index in [1.54, 1.807) is 55.6 Å². The van der Waals surface area contributed by atoms with Gasteiger partial charge in [0.05, 0.1) is 17.9 Å². The van der Waals surface area contributed by atoms with Crippen LogP contribution in [0.4, 0.5) is 5.69 Å². The minimum Gasteiger partial charge on any atom is -0.494 e. The van der Waals surface area contributed by atoms with Crippen molar-refractivity contribution < 1.29 is 14.3 Å². The average molecular weight is 368 g/mol. The predicted octanol–water partition coefficient (Wildman–Crippen LogP) is 4.65. The van der Waals surface area contributed by atoms with Gasteiger partial charge in [0.1, 0.15) is 5.75 Å². The molecule has 0 radical (unpaired) electrons. The Balaban J connectivity index is 1.90. The maximum Gasteiger partial charge on any atom is 0.255 e. The molecule has 0 fully saturated rings. The Morgan fingerprint density at radius 2 is 1.59 bits per heavy atom. The normalized spacial score (nSPS) is 10.3. The lowest BCUT2D eigenvalue weighted by atomic mass is 10.1. The van der Waals surface area contributed by atoms with Crippen molar-refractivity contribution in [2.75, 3.05) is 19.0 Å². The molecule has 2 aromatic carbocycles. The van der Waals surface area contributed by atoms with Crippen molar-refractivity contribution >= 4 is 17.5 Å². The topological polar surface area (TPSA) is 67.4 Å². The third-order valence-corrected chi connectivity index (χ3v) is 4.28. The number of ether oxygens (including phenoxy) is 1. The highest BCUT2D eigenvalue weighted by molar-refractivity contribution is 6.08. The van der Waals surface area contributed by atoms with Crippen molar-refractivity contribution in [1.82, 2.24) is 5.32 Å². The van der Waals surface area contributed by atoms with Crippen molar-refractivity contribution in [2.45, 2.75) is 39.0 Å². The molecule has 0 heterocycles. The fraction of sp³-hybridized carbons (Fsp3) is 0.364. The van der Waals surface area contributed by atoms with Crippen LogP contribution in [-0.2, 0) is 0 Å². The smallest absolute Gasteiger partial charge is 0.255 e. The standard InChI is InChI=1S/C22H28N2O3/c1-3-4-5-6-9-16-27-18-14-12-17(13-15-18)21(25)24-20-11-8-7-10-19(20)22(26)23-2/h7-8,10-15H,3-6,9,16H2,1-2H3,(H,23,26)(H,24,25). The average Bonchev–Trinajstić information content (AvgIpc) is 2.71. The SMILES string of the molecule is CCCCCCCOc1ccc(C(=O)Nc2ccccc2C(=O)NC)cc1. The van der Waals surface area contributed by atoms with Crippen molar-refractivity contribution in [3.63, 3.8) is 0 Å². The first-order valence-corrected chi connectivity index (χ1v) is 9.51. The van der Waals surface area contributed by atoms with Gasteiger partial charge in [0.2, 0.25) is 0 Å². The van der Waals surface area contributed by atoms with Gasteiger partial charge in [-0.1, -0.05) is 44.7 Å². The van der Waals surface area contributed by atoms with Crippen molar-refractivity contribution in [1.29, 1.82) is 0 Å². The fourth-order valence-corrected chi connectivity index (χ4v) is 2.72. The molecular formula is C22H28N2O3. The van der Waals surface area contributed by atoms with Crippen LogP contribution in [0.15, 0.2) is 48.5 Å². The van der Waals surface area contributed by atoms with Gasteiger partial charge in [-0.2, -0.15) is 0 Å². The molecule has 2 N–H and O–H groups in total. The van der Waals surface area contributed by atoms with E-state index in [4.69, 9.17) is 4.74 Å². The molecule has 5 nitrogen and oxygen atoms in total. The van der Waals surface area contributed by atoms with E-state index in [2.05, 4.69) is 17.6 Å². The second-order valence-corrected chi connectivity index (χ2v) is 6.37. The van der Waals surface area contributed by atoms with E-state index < -0.39 is 0 Å². The quantitative estimate of drug-likeness (QED) is 0.600. The maximum absolute atomic E-state index is 12.5. The molecule has 2 aromatic rings. The summed E-state index contributed by atoms with van der Waals surface area (Å²) < 4.78 is 5.72. The van der Waals surface area contributed by atoms with E-state index in [1.165, 1.54) is 25.7 Å². The zero-order chi connectivity index (χ0) is 19.5. The summed E-state index contributed by atoms with van der Waals surface area (Å²) in [6.07, 6.45) is 5.97. The summed E-state index contributed by atoms with van der Waals surface area (Å²) in [6.45, 7) is 2.89. The number of amides is 2. The first-order chi connectivity index (χ1) is 13.2. The molecule has 0 unspecified atom stereocenters. The van der Waals surface area contributed by atoms with Crippen LogP contribution in [0.1, 0.15) is 59.7 Å². The Bertz CT molecular complexity index is 741. The second-order valence-electron chi connectivity index (χ2n) is 6.37. The number of carbonyl (C=O) groups is 2. The van der Waals surface area contributed by atoms with Gasteiger partial charge < -0.3 is 15.4 Å². The lowest BCUT2D eigenvalue weighted by molar-refractivity contribution is 0.0964. The van der Waals surface area contributed by atoms with Crippen molar-refractivity contribution in [3.05, 3.63) is 59.7 Å². The van der Waals surface area contributed by atoms with Gasteiger partial charge in [0.15, 0.2) is 0 Å². The van der Waals surface area contributed by atoms with Gasteiger partial charge in [-0.15, -0.1) is 0 Å². The van der Waals surface area contributed by atoms with Gasteiger partial charge in [0.25, 0.3) is 11.8 Å². The molecule has 27 heavy (non-hydrogen) atoms. The Morgan fingerprint density at radius 1 is 0.889 bits per heavy atom. The predicted molar refractivity (Wildman–Crippen MR) is 108 cm³/mol. The number of hydrogen-bond acceptors (Lipinski definition) is 3. The molecule has 0 saturated carbocycles. The highest BCUT2D eigenvalue weighted by atomic mass is 16.5. The van der Waals surface area contributed by atoms with Crippen LogP contribution in [0.25, 0.3) is 0 Å². The molecule has 0 bridgehead atoms. The lowest BCUT2D eigenvalue weighted by Crippen LogP contribution is -2.21. The number of hydrogen-bond donors (Lipinski definition) is 2. The first kappa shape index (κ1) is 20.5. The zero-order valence-electron chi connectivity index (χ0n) is 16.1. The van der Waals surface area contributed by atoms with Crippen LogP contribution in [0.3, 0.4) is 0 Å². The van der Waals surface area contributed by atoms with E-state index in [1.807, 2.05) is 0 Å². The van der Waals surface area contributed by atoms with E-state index in [0.29, 0.717) is 23.4 Å². The van der Waals surface area contributed by atoms with Gasteiger partial charge in [-0.25, -0.2) is 0 Å². The molecule has 0 saturated heterocycles. The van der Waals surface area contributed by atoms with Crippen LogP contribution in [0, 0.1) is 0 Å². The Morgan fingerprint density at radius 3 is 2.30 bits per heavy atom. The van der Waals surface area contributed by atoms with Gasteiger partial charge in [-0.05, 0) is 42.8 Å². The summed E-state index contributed by atoms with van der Waals surface area (Å²) in [7, 11) is 1.56.